The molecule has 4 amide bonds. The van der Waals surface area contributed by atoms with E-state index in [0.29, 0.717) is 0 Å². The molecule has 0 saturated carbocycles. The Morgan fingerprint density at radius 1 is 1.22 bits per heavy atom. The maximum absolute atomic E-state index is 12.5. The molecule has 0 radical (unpaired) electrons. The minimum atomic E-state index is -0.606. The Bertz CT molecular complexity index is 480. The van der Waals surface area contributed by atoms with E-state index in [1.165, 1.54) is 11.9 Å². The third kappa shape index (κ3) is 4.73. The Hall–Kier alpha value is -2.00. The molecule has 130 valence electrons. The molecule has 1 fully saturated rings. The number of amides is 4. The highest BCUT2D eigenvalue weighted by Crippen LogP contribution is 2.24. The molecule has 0 aromatic rings. The van der Waals surface area contributed by atoms with Gasteiger partial charge in [-0.15, -0.1) is 0 Å². The van der Waals surface area contributed by atoms with Gasteiger partial charge in [0, 0.05) is 33.0 Å². The van der Waals surface area contributed by atoms with Crippen molar-refractivity contribution < 1.29 is 19.2 Å². The zero-order valence-electron chi connectivity index (χ0n) is 13.8. The lowest BCUT2D eigenvalue weighted by atomic mass is 10.0. The first-order chi connectivity index (χ1) is 10.8. The van der Waals surface area contributed by atoms with Crippen molar-refractivity contribution in [1.29, 1.82) is 0 Å². The molecule has 0 aromatic carbocycles. The molecule has 0 spiro atoms. The molecule has 1 rings (SSSR count). The number of nitrogens with one attached hydrogen (secondary N) is 2. The summed E-state index contributed by atoms with van der Waals surface area (Å²) in [5.41, 5.74) is 2.27. The second kappa shape index (κ2) is 8.59. The van der Waals surface area contributed by atoms with Gasteiger partial charge in [-0.1, -0.05) is 13.8 Å². The summed E-state index contributed by atoms with van der Waals surface area (Å²) in [5.74, 6) is 4.30. The van der Waals surface area contributed by atoms with Gasteiger partial charge < -0.3 is 10.2 Å². The van der Waals surface area contributed by atoms with E-state index in [4.69, 9.17) is 5.84 Å². The van der Waals surface area contributed by atoms with Crippen LogP contribution in [0.15, 0.2) is 0 Å². The summed E-state index contributed by atoms with van der Waals surface area (Å²) in [4.78, 5) is 50.3. The normalized spacial score (nSPS) is 18.0. The summed E-state index contributed by atoms with van der Waals surface area (Å²) < 4.78 is 0. The number of hydrogen-bond acceptors (Lipinski definition) is 6. The second-order valence-electron chi connectivity index (χ2n) is 5.75. The maximum Gasteiger partial charge on any atom is 0.327 e. The minimum Gasteiger partial charge on any atom is -0.359 e. The number of ketones is 1. The van der Waals surface area contributed by atoms with Gasteiger partial charge in [0.05, 0.1) is 6.54 Å². The number of Topliss-reactive ketones (excluding diaryl/α,β-unsaturated/α-hetero) is 1. The van der Waals surface area contributed by atoms with Crippen LogP contribution in [0, 0.1) is 5.92 Å². The largest absolute Gasteiger partial charge is 0.359 e. The molecule has 1 unspecified atom stereocenters. The lowest BCUT2D eigenvalue weighted by Gasteiger charge is -2.24. The van der Waals surface area contributed by atoms with Crippen molar-refractivity contribution in [2.45, 2.75) is 32.7 Å². The molecule has 1 aliphatic heterocycles. The van der Waals surface area contributed by atoms with Crippen LogP contribution in [0.25, 0.3) is 0 Å². The number of rotatable bonds is 9. The monoisotopic (exact) mass is 327 g/mol. The number of carbonyl (C=O) groups excluding carboxylic acids is 4. The molecule has 23 heavy (non-hydrogen) atoms. The quantitative estimate of drug-likeness (QED) is 0.278. The van der Waals surface area contributed by atoms with Crippen LogP contribution < -0.4 is 16.6 Å². The maximum atomic E-state index is 12.5. The van der Waals surface area contributed by atoms with E-state index in [1.807, 2.05) is 13.8 Å². The third-order valence-electron chi connectivity index (χ3n) is 3.73. The molecule has 0 aliphatic carbocycles. The Labute approximate surface area is 135 Å². The van der Waals surface area contributed by atoms with E-state index in [1.54, 1.807) is 0 Å². The summed E-state index contributed by atoms with van der Waals surface area (Å²) in [7, 11) is 1.50. The summed E-state index contributed by atoms with van der Waals surface area (Å²) in [6, 6.07) is -1.06. The van der Waals surface area contributed by atoms with E-state index >= 15 is 0 Å². The molecular formula is C14H25N5O4. The fraction of sp³-hybridized carbons (Fsp3) is 0.714. The van der Waals surface area contributed by atoms with Gasteiger partial charge in [-0.05, 0) is 5.92 Å². The number of nitrogens with zero attached hydrogens (tertiary/aromatic N) is 2. The van der Waals surface area contributed by atoms with Crippen molar-refractivity contribution in [3.8, 4) is 0 Å². The van der Waals surface area contributed by atoms with E-state index < -0.39 is 12.1 Å². The topological polar surface area (TPSA) is 125 Å². The highest BCUT2D eigenvalue weighted by molar-refractivity contribution is 6.04. The average molecular weight is 327 g/mol. The van der Waals surface area contributed by atoms with Gasteiger partial charge >= 0.3 is 6.03 Å². The number of carbonyl (C=O) groups is 4. The van der Waals surface area contributed by atoms with Crippen LogP contribution in [0.3, 0.4) is 0 Å². The van der Waals surface area contributed by atoms with E-state index in [9.17, 15) is 19.2 Å². The van der Waals surface area contributed by atoms with Crippen LogP contribution >= 0.6 is 0 Å². The standard InChI is InChI=1S/C14H25N5O4/c1-9(2)12-13(22)19(7-5-11(21)16-3)14(23)18(12)6-4-10(20)8-17-15/h9,12,17H,4-8,15H2,1-3H3,(H,16,21). The molecule has 4 N–H and O–H groups in total. The van der Waals surface area contributed by atoms with Gasteiger partial charge in [-0.3, -0.25) is 30.6 Å². The van der Waals surface area contributed by atoms with Crippen molar-refractivity contribution in [2.75, 3.05) is 26.7 Å². The van der Waals surface area contributed by atoms with Crippen molar-refractivity contribution in [3.63, 3.8) is 0 Å². The van der Waals surface area contributed by atoms with E-state index in [-0.39, 0.29) is 56.0 Å². The van der Waals surface area contributed by atoms with E-state index in [2.05, 4.69) is 10.7 Å². The molecule has 0 bridgehead atoms. The lowest BCUT2D eigenvalue weighted by molar-refractivity contribution is -0.130. The summed E-state index contributed by atoms with van der Waals surface area (Å²) in [6.07, 6.45) is 0.179. The number of hydrogen-bond donors (Lipinski definition) is 3. The van der Waals surface area contributed by atoms with Gasteiger partial charge in [0.15, 0.2) is 0 Å². The lowest BCUT2D eigenvalue weighted by Crippen LogP contribution is -2.41. The van der Waals surface area contributed by atoms with Crippen molar-refractivity contribution in [3.05, 3.63) is 0 Å². The molecule has 9 nitrogen and oxygen atoms in total. The van der Waals surface area contributed by atoms with Gasteiger partial charge in [0.25, 0.3) is 5.91 Å². The van der Waals surface area contributed by atoms with Crippen LogP contribution in [0.5, 0.6) is 0 Å². The van der Waals surface area contributed by atoms with Crippen molar-refractivity contribution in [1.82, 2.24) is 20.5 Å². The average Bonchev–Trinajstić information content (AvgIpc) is 2.73. The number of nitrogens with two attached hydrogens (primary N) is 1. The molecular weight excluding hydrogens is 302 g/mol. The van der Waals surface area contributed by atoms with Crippen LogP contribution in [0.1, 0.15) is 26.7 Å². The molecule has 1 atom stereocenters. The third-order valence-corrected chi connectivity index (χ3v) is 3.73. The minimum absolute atomic E-state index is 0.0166. The highest BCUT2D eigenvalue weighted by atomic mass is 16.2. The first-order valence-electron chi connectivity index (χ1n) is 7.61. The predicted octanol–water partition coefficient (Wildman–Crippen LogP) is -1.17. The van der Waals surface area contributed by atoms with Crippen LogP contribution in [-0.4, -0.2) is 66.2 Å². The molecule has 1 saturated heterocycles. The summed E-state index contributed by atoms with van der Waals surface area (Å²) in [5, 5.41) is 2.45. The molecule has 1 heterocycles. The van der Waals surface area contributed by atoms with Crippen LogP contribution in [-0.2, 0) is 14.4 Å². The first kappa shape index (κ1) is 19.0. The smallest absolute Gasteiger partial charge is 0.327 e. The summed E-state index contributed by atoms with van der Waals surface area (Å²) in [6.45, 7) is 3.89. The van der Waals surface area contributed by atoms with Gasteiger partial charge in [0.1, 0.15) is 11.8 Å². The van der Waals surface area contributed by atoms with Crippen LogP contribution in [0.2, 0.25) is 0 Å². The second-order valence-corrected chi connectivity index (χ2v) is 5.75. The fourth-order valence-corrected chi connectivity index (χ4v) is 2.53. The Morgan fingerprint density at radius 3 is 2.39 bits per heavy atom. The zero-order chi connectivity index (χ0) is 17.6. The SMILES string of the molecule is CNC(=O)CCN1C(=O)C(C(C)C)N(CCC(=O)CNN)C1=O. The number of imide groups is 1. The molecule has 1 aliphatic rings. The van der Waals surface area contributed by atoms with E-state index in [0.717, 1.165) is 4.90 Å². The van der Waals surface area contributed by atoms with Gasteiger partial charge in [0.2, 0.25) is 5.91 Å². The van der Waals surface area contributed by atoms with Crippen molar-refractivity contribution >= 4 is 23.6 Å². The van der Waals surface area contributed by atoms with Gasteiger partial charge in [-0.2, -0.15) is 0 Å². The number of urea groups is 1. The Kier molecular flexibility index (Phi) is 7.11. The molecule has 0 aromatic heterocycles. The first-order valence-corrected chi connectivity index (χ1v) is 7.61. The molecule has 9 heteroatoms. The summed E-state index contributed by atoms with van der Waals surface area (Å²) >= 11 is 0. The van der Waals surface area contributed by atoms with Crippen LogP contribution in [0.4, 0.5) is 4.79 Å². The van der Waals surface area contributed by atoms with Gasteiger partial charge in [-0.25, -0.2) is 4.79 Å². The highest BCUT2D eigenvalue weighted by Gasteiger charge is 2.46. The zero-order valence-corrected chi connectivity index (χ0v) is 13.8. The fourth-order valence-electron chi connectivity index (χ4n) is 2.53. The number of hydrazine groups is 1. The Balaban J connectivity index is 2.78. The Morgan fingerprint density at radius 2 is 1.87 bits per heavy atom. The van der Waals surface area contributed by atoms with Crippen molar-refractivity contribution in [2.24, 2.45) is 11.8 Å². The predicted molar refractivity (Wildman–Crippen MR) is 82.9 cm³/mol.